The molecule has 0 aliphatic heterocycles. The SMILES string of the molecule is CCc1cc(C(O)Cc2ccn(C(CC)CC)n2)n(C)n1. The average molecular weight is 290 g/mol. The van der Waals surface area contributed by atoms with Crippen LogP contribution in [0.15, 0.2) is 18.3 Å². The molecule has 116 valence electrons. The molecule has 0 bridgehead atoms. The van der Waals surface area contributed by atoms with Gasteiger partial charge in [-0.15, -0.1) is 0 Å². The van der Waals surface area contributed by atoms with Gasteiger partial charge in [0.05, 0.1) is 23.1 Å². The summed E-state index contributed by atoms with van der Waals surface area (Å²) in [6, 6.07) is 4.42. The molecule has 0 aliphatic rings. The van der Waals surface area contributed by atoms with Crippen molar-refractivity contribution in [1.29, 1.82) is 0 Å². The smallest absolute Gasteiger partial charge is 0.101 e. The normalized spacial score (nSPS) is 13.0. The minimum atomic E-state index is -0.562. The van der Waals surface area contributed by atoms with Crippen LogP contribution in [0.3, 0.4) is 0 Å². The molecule has 0 saturated carbocycles. The second-order valence-electron chi connectivity index (χ2n) is 5.52. The fourth-order valence-electron chi connectivity index (χ4n) is 2.68. The van der Waals surface area contributed by atoms with Crippen molar-refractivity contribution in [3.05, 3.63) is 35.4 Å². The topological polar surface area (TPSA) is 55.9 Å². The fourth-order valence-corrected chi connectivity index (χ4v) is 2.68. The maximum absolute atomic E-state index is 10.4. The number of aromatic nitrogens is 4. The molecule has 0 saturated heterocycles. The number of rotatable bonds is 7. The van der Waals surface area contributed by atoms with E-state index in [4.69, 9.17) is 0 Å². The molecule has 0 spiro atoms. The largest absolute Gasteiger partial charge is 0.386 e. The minimum absolute atomic E-state index is 0.444. The summed E-state index contributed by atoms with van der Waals surface area (Å²) in [7, 11) is 1.88. The van der Waals surface area contributed by atoms with Gasteiger partial charge in [-0.25, -0.2) is 0 Å². The average Bonchev–Trinajstić information content (AvgIpc) is 3.07. The molecular formula is C16H26N4O. The first-order chi connectivity index (χ1) is 10.1. The van der Waals surface area contributed by atoms with E-state index in [0.717, 1.165) is 36.3 Å². The number of hydrogen-bond donors (Lipinski definition) is 1. The van der Waals surface area contributed by atoms with Gasteiger partial charge in [0.25, 0.3) is 0 Å². The first kappa shape index (κ1) is 15.8. The van der Waals surface area contributed by atoms with E-state index in [0.29, 0.717) is 12.5 Å². The van der Waals surface area contributed by atoms with E-state index in [9.17, 15) is 5.11 Å². The van der Waals surface area contributed by atoms with Crippen molar-refractivity contribution in [2.45, 2.75) is 58.6 Å². The summed E-state index contributed by atoms with van der Waals surface area (Å²) in [5.74, 6) is 0. The third-order valence-electron chi connectivity index (χ3n) is 4.05. The summed E-state index contributed by atoms with van der Waals surface area (Å²) in [5.41, 5.74) is 2.78. The van der Waals surface area contributed by atoms with Crippen LogP contribution in [0.25, 0.3) is 0 Å². The van der Waals surface area contributed by atoms with Crippen molar-refractivity contribution >= 4 is 0 Å². The molecule has 2 aromatic rings. The Balaban J connectivity index is 2.08. The molecule has 5 heteroatoms. The highest BCUT2D eigenvalue weighted by Gasteiger charge is 2.16. The lowest BCUT2D eigenvalue weighted by Crippen LogP contribution is -2.10. The zero-order valence-electron chi connectivity index (χ0n) is 13.5. The molecule has 5 nitrogen and oxygen atoms in total. The van der Waals surface area contributed by atoms with Gasteiger partial charge < -0.3 is 5.11 Å². The lowest BCUT2D eigenvalue weighted by Gasteiger charge is -2.13. The maximum Gasteiger partial charge on any atom is 0.101 e. The van der Waals surface area contributed by atoms with Crippen LogP contribution in [-0.2, 0) is 19.9 Å². The van der Waals surface area contributed by atoms with Crippen molar-refractivity contribution < 1.29 is 5.11 Å². The molecule has 1 unspecified atom stereocenters. The van der Waals surface area contributed by atoms with Gasteiger partial charge in [0.2, 0.25) is 0 Å². The van der Waals surface area contributed by atoms with Gasteiger partial charge in [0, 0.05) is 19.7 Å². The third kappa shape index (κ3) is 3.53. The Bertz CT molecular complexity index is 569. The Morgan fingerprint density at radius 3 is 2.43 bits per heavy atom. The lowest BCUT2D eigenvalue weighted by molar-refractivity contribution is 0.167. The van der Waals surface area contributed by atoms with Gasteiger partial charge in [0.1, 0.15) is 6.10 Å². The van der Waals surface area contributed by atoms with E-state index < -0.39 is 6.10 Å². The van der Waals surface area contributed by atoms with Crippen molar-refractivity contribution in [2.75, 3.05) is 0 Å². The van der Waals surface area contributed by atoms with Gasteiger partial charge >= 0.3 is 0 Å². The molecule has 0 aliphatic carbocycles. The number of aryl methyl sites for hydroxylation is 2. The van der Waals surface area contributed by atoms with Crippen molar-refractivity contribution in [3.63, 3.8) is 0 Å². The van der Waals surface area contributed by atoms with Crippen LogP contribution in [-0.4, -0.2) is 24.7 Å². The lowest BCUT2D eigenvalue weighted by atomic mass is 10.1. The third-order valence-corrected chi connectivity index (χ3v) is 4.05. The second-order valence-corrected chi connectivity index (χ2v) is 5.52. The van der Waals surface area contributed by atoms with E-state index in [1.807, 2.05) is 30.1 Å². The Morgan fingerprint density at radius 2 is 1.86 bits per heavy atom. The van der Waals surface area contributed by atoms with E-state index in [1.165, 1.54) is 0 Å². The van der Waals surface area contributed by atoms with Crippen LogP contribution >= 0.6 is 0 Å². The highest BCUT2D eigenvalue weighted by Crippen LogP contribution is 2.20. The quantitative estimate of drug-likeness (QED) is 0.853. The summed E-state index contributed by atoms with van der Waals surface area (Å²) >= 11 is 0. The van der Waals surface area contributed by atoms with Gasteiger partial charge in [0.15, 0.2) is 0 Å². The Morgan fingerprint density at radius 1 is 1.14 bits per heavy atom. The monoisotopic (exact) mass is 290 g/mol. The molecule has 2 rings (SSSR count). The summed E-state index contributed by atoms with van der Waals surface area (Å²) in [6.45, 7) is 6.41. The predicted molar refractivity (Wildman–Crippen MR) is 83.1 cm³/mol. The van der Waals surface area contributed by atoms with E-state index in [-0.39, 0.29) is 0 Å². The highest BCUT2D eigenvalue weighted by molar-refractivity contribution is 5.15. The fraction of sp³-hybridized carbons (Fsp3) is 0.625. The summed E-state index contributed by atoms with van der Waals surface area (Å²) < 4.78 is 3.78. The molecule has 1 N–H and O–H groups in total. The van der Waals surface area contributed by atoms with Crippen molar-refractivity contribution in [3.8, 4) is 0 Å². The van der Waals surface area contributed by atoms with Gasteiger partial charge in [-0.2, -0.15) is 10.2 Å². The van der Waals surface area contributed by atoms with Crippen molar-refractivity contribution in [2.24, 2.45) is 7.05 Å². The first-order valence-corrected chi connectivity index (χ1v) is 7.83. The zero-order chi connectivity index (χ0) is 15.4. The molecular weight excluding hydrogens is 264 g/mol. The van der Waals surface area contributed by atoms with Crippen LogP contribution in [0.2, 0.25) is 0 Å². The predicted octanol–water partition coefficient (Wildman–Crippen LogP) is 2.82. The van der Waals surface area contributed by atoms with Crippen LogP contribution in [0, 0.1) is 0 Å². The summed E-state index contributed by atoms with van der Waals surface area (Å²) in [4.78, 5) is 0. The summed E-state index contributed by atoms with van der Waals surface area (Å²) in [5, 5.41) is 19.4. The number of hydrogen-bond acceptors (Lipinski definition) is 3. The van der Waals surface area contributed by atoms with Crippen LogP contribution in [0.5, 0.6) is 0 Å². The molecule has 0 radical (unpaired) electrons. The molecule has 2 heterocycles. The number of nitrogens with zero attached hydrogens (tertiary/aromatic N) is 4. The number of aliphatic hydroxyl groups is 1. The second kappa shape index (κ2) is 6.89. The Kier molecular flexibility index (Phi) is 5.17. The van der Waals surface area contributed by atoms with Crippen LogP contribution in [0.4, 0.5) is 0 Å². The maximum atomic E-state index is 10.4. The van der Waals surface area contributed by atoms with Crippen LogP contribution in [0.1, 0.15) is 62.8 Å². The minimum Gasteiger partial charge on any atom is -0.386 e. The molecule has 0 aromatic carbocycles. The standard InChI is InChI=1S/C16H26N4O/c1-5-12-10-15(19(4)17-12)16(21)11-13-8-9-20(18-13)14(6-2)7-3/h8-10,14,16,21H,5-7,11H2,1-4H3. The Labute approximate surface area is 126 Å². The molecule has 21 heavy (non-hydrogen) atoms. The first-order valence-electron chi connectivity index (χ1n) is 7.83. The van der Waals surface area contributed by atoms with E-state index in [1.54, 1.807) is 4.68 Å². The van der Waals surface area contributed by atoms with E-state index >= 15 is 0 Å². The molecule has 2 aromatic heterocycles. The highest BCUT2D eigenvalue weighted by atomic mass is 16.3. The molecule has 0 amide bonds. The van der Waals surface area contributed by atoms with Crippen molar-refractivity contribution in [1.82, 2.24) is 19.6 Å². The summed E-state index contributed by atoms with van der Waals surface area (Å²) in [6.07, 6.45) is 5.00. The van der Waals surface area contributed by atoms with Gasteiger partial charge in [-0.05, 0) is 31.4 Å². The van der Waals surface area contributed by atoms with Crippen LogP contribution < -0.4 is 0 Å². The Hall–Kier alpha value is -1.62. The molecule has 1 atom stereocenters. The number of aliphatic hydroxyl groups excluding tert-OH is 1. The molecule has 0 fully saturated rings. The zero-order valence-corrected chi connectivity index (χ0v) is 13.5. The van der Waals surface area contributed by atoms with Gasteiger partial charge in [-0.1, -0.05) is 20.8 Å². The van der Waals surface area contributed by atoms with E-state index in [2.05, 4.69) is 31.0 Å². The van der Waals surface area contributed by atoms with Gasteiger partial charge in [-0.3, -0.25) is 9.36 Å².